The lowest BCUT2D eigenvalue weighted by Crippen LogP contribution is -2.38. The summed E-state index contributed by atoms with van der Waals surface area (Å²) in [7, 11) is 0. The van der Waals surface area contributed by atoms with Gasteiger partial charge in [0.15, 0.2) is 0 Å². The number of carbonyl (C=O) groups is 2. The molecule has 2 N–H and O–H groups in total. The molecule has 1 aromatic carbocycles. The molecule has 2 amide bonds. The van der Waals surface area contributed by atoms with Gasteiger partial charge in [0.05, 0.1) is 24.6 Å². The molecule has 0 aliphatic rings. The average molecular weight is 273 g/mol. The quantitative estimate of drug-likeness (QED) is 0.811. The number of carbonyl (C=O) groups excluding carboxylic acids is 2. The van der Waals surface area contributed by atoms with E-state index in [9.17, 15) is 9.59 Å². The van der Waals surface area contributed by atoms with E-state index in [1.807, 2.05) is 19.9 Å². The maximum Gasteiger partial charge on any atom is 0.239 e. The second kappa shape index (κ2) is 7.95. The van der Waals surface area contributed by atoms with Crippen LogP contribution in [0.1, 0.15) is 25.0 Å². The molecule has 0 spiro atoms. The van der Waals surface area contributed by atoms with E-state index in [0.717, 1.165) is 5.56 Å². The summed E-state index contributed by atoms with van der Waals surface area (Å²) in [5.74, 6) is -0.0189. The van der Waals surface area contributed by atoms with Crippen LogP contribution in [-0.2, 0) is 16.0 Å². The second-order valence-electron chi connectivity index (χ2n) is 4.96. The summed E-state index contributed by atoms with van der Waals surface area (Å²) >= 11 is 0. The van der Waals surface area contributed by atoms with Crippen LogP contribution >= 0.6 is 0 Å². The van der Waals surface area contributed by atoms with Crippen molar-refractivity contribution in [2.24, 2.45) is 5.92 Å². The van der Waals surface area contributed by atoms with E-state index in [2.05, 4.69) is 10.6 Å². The Bertz CT molecular complexity index is 501. The fourth-order valence-electron chi connectivity index (χ4n) is 1.50. The van der Waals surface area contributed by atoms with Gasteiger partial charge in [-0.05, 0) is 23.6 Å². The van der Waals surface area contributed by atoms with Crippen LogP contribution in [0.25, 0.3) is 0 Å². The minimum atomic E-state index is -0.214. The zero-order chi connectivity index (χ0) is 15.0. The van der Waals surface area contributed by atoms with Gasteiger partial charge in [-0.3, -0.25) is 9.59 Å². The highest BCUT2D eigenvalue weighted by atomic mass is 16.2. The second-order valence-corrected chi connectivity index (χ2v) is 4.96. The number of amides is 2. The number of nitrogens with zero attached hydrogens (tertiary/aromatic N) is 1. The van der Waals surface area contributed by atoms with Crippen molar-refractivity contribution in [3.63, 3.8) is 0 Å². The van der Waals surface area contributed by atoms with Crippen molar-refractivity contribution < 1.29 is 9.59 Å². The van der Waals surface area contributed by atoms with E-state index in [0.29, 0.717) is 18.0 Å². The van der Waals surface area contributed by atoms with Crippen molar-refractivity contribution in [3.8, 4) is 6.07 Å². The van der Waals surface area contributed by atoms with E-state index in [4.69, 9.17) is 5.26 Å². The van der Waals surface area contributed by atoms with Crippen LogP contribution in [-0.4, -0.2) is 24.9 Å². The largest absolute Gasteiger partial charge is 0.354 e. The Hall–Kier alpha value is -2.35. The Morgan fingerprint density at radius 3 is 2.35 bits per heavy atom. The highest BCUT2D eigenvalue weighted by molar-refractivity contribution is 5.85. The molecule has 0 atom stereocenters. The van der Waals surface area contributed by atoms with Gasteiger partial charge in [0.2, 0.25) is 11.8 Å². The number of nitrogens with one attached hydrogen (secondary N) is 2. The molecule has 20 heavy (non-hydrogen) atoms. The van der Waals surface area contributed by atoms with Crippen molar-refractivity contribution in [2.75, 3.05) is 13.1 Å². The zero-order valence-corrected chi connectivity index (χ0v) is 11.8. The number of rotatable bonds is 6. The van der Waals surface area contributed by atoms with Gasteiger partial charge < -0.3 is 10.6 Å². The van der Waals surface area contributed by atoms with Crippen molar-refractivity contribution >= 4 is 11.8 Å². The first-order valence-electron chi connectivity index (χ1n) is 6.53. The number of hydrogen-bond donors (Lipinski definition) is 2. The van der Waals surface area contributed by atoms with Crippen molar-refractivity contribution in [3.05, 3.63) is 35.4 Å². The molecule has 0 heterocycles. The summed E-state index contributed by atoms with van der Waals surface area (Å²) in [4.78, 5) is 23.1. The lowest BCUT2D eigenvalue weighted by molar-refractivity contribution is -0.125. The maximum atomic E-state index is 11.7. The van der Waals surface area contributed by atoms with Gasteiger partial charge in [-0.1, -0.05) is 26.0 Å². The molecule has 0 unspecified atom stereocenters. The molecule has 106 valence electrons. The maximum absolute atomic E-state index is 11.7. The van der Waals surface area contributed by atoms with E-state index in [1.54, 1.807) is 24.3 Å². The lowest BCUT2D eigenvalue weighted by atomic mass is 10.1. The predicted octanol–water partition coefficient (Wildman–Crippen LogP) is 0.989. The molecule has 0 saturated carbocycles. The van der Waals surface area contributed by atoms with Crippen LogP contribution in [0.2, 0.25) is 0 Å². The Balaban J connectivity index is 2.32. The highest BCUT2D eigenvalue weighted by Gasteiger charge is 2.07. The van der Waals surface area contributed by atoms with Gasteiger partial charge in [-0.15, -0.1) is 0 Å². The van der Waals surface area contributed by atoms with Crippen molar-refractivity contribution in [2.45, 2.75) is 20.3 Å². The zero-order valence-electron chi connectivity index (χ0n) is 11.8. The Kier molecular flexibility index (Phi) is 6.24. The van der Waals surface area contributed by atoms with Gasteiger partial charge in [0.1, 0.15) is 0 Å². The Morgan fingerprint density at radius 1 is 1.15 bits per heavy atom. The fraction of sp³-hybridized carbons (Fsp3) is 0.400. The normalized spacial score (nSPS) is 9.90. The van der Waals surface area contributed by atoms with E-state index < -0.39 is 0 Å². The summed E-state index contributed by atoms with van der Waals surface area (Å²) in [6.07, 6.45) is 0.198. The summed E-state index contributed by atoms with van der Waals surface area (Å²) in [6, 6.07) is 8.81. The number of benzene rings is 1. The minimum absolute atomic E-state index is 0.0121. The first kappa shape index (κ1) is 15.7. The third-order valence-electron chi connectivity index (χ3n) is 2.60. The first-order valence-corrected chi connectivity index (χ1v) is 6.53. The van der Waals surface area contributed by atoms with Crippen LogP contribution in [0.3, 0.4) is 0 Å². The van der Waals surface area contributed by atoms with Crippen LogP contribution < -0.4 is 10.6 Å². The van der Waals surface area contributed by atoms with E-state index >= 15 is 0 Å². The third-order valence-corrected chi connectivity index (χ3v) is 2.60. The van der Waals surface area contributed by atoms with Gasteiger partial charge in [0.25, 0.3) is 0 Å². The molecule has 1 aromatic rings. The standard InChI is InChI=1S/C15H19N3O2/c1-11(2)9-17-15(20)10-18-14(19)7-12-3-5-13(8-16)6-4-12/h3-6,11H,7,9-10H2,1-2H3,(H,17,20)(H,18,19). The van der Waals surface area contributed by atoms with Gasteiger partial charge >= 0.3 is 0 Å². The van der Waals surface area contributed by atoms with Crippen LogP contribution in [0.5, 0.6) is 0 Å². The fourth-order valence-corrected chi connectivity index (χ4v) is 1.50. The molecule has 0 aliphatic heterocycles. The highest BCUT2D eigenvalue weighted by Crippen LogP contribution is 2.03. The molecule has 0 fully saturated rings. The molecule has 0 radical (unpaired) electrons. The van der Waals surface area contributed by atoms with Crippen molar-refractivity contribution in [1.29, 1.82) is 5.26 Å². The molecule has 0 aromatic heterocycles. The summed E-state index contributed by atoms with van der Waals surface area (Å²) < 4.78 is 0. The van der Waals surface area contributed by atoms with Gasteiger partial charge in [0, 0.05) is 6.54 Å². The van der Waals surface area contributed by atoms with E-state index in [1.165, 1.54) is 0 Å². The monoisotopic (exact) mass is 273 g/mol. The first-order chi connectivity index (χ1) is 9.51. The average Bonchev–Trinajstić information content (AvgIpc) is 2.43. The predicted molar refractivity (Wildman–Crippen MR) is 75.7 cm³/mol. The number of hydrogen-bond acceptors (Lipinski definition) is 3. The summed E-state index contributed by atoms with van der Waals surface area (Å²) in [5, 5.41) is 14.0. The number of nitriles is 1. The molecule has 1 rings (SSSR count). The van der Waals surface area contributed by atoms with Crippen LogP contribution in [0.15, 0.2) is 24.3 Å². The lowest BCUT2D eigenvalue weighted by Gasteiger charge is -2.08. The van der Waals surface area contributed by atoms with Gasteiger partial charge in [-0.25, -0.2) is 0 Å². The van der Waals surface area contributed by atoms with E-state index in [-0.39, 0.29) is 24.8 Å². The smallest absolute Gasteiger partial charge is 0.239 e. The Labute approximate surface area is 119 Å². The molecule has 5 heteroatoms. The van der Waals surface area contributed by atoms with Gasteiger partial charge in [-0.2, -0.15) is 5.26 Å². The molecular weight excluding hydrogens is 254 g/mol. The minimum Gasteiger partial charge on any atom is -0.354 e. The SMILES string of the molecule is CC(C)CNC(=O)CNC(=O)Cc1ccc(C#N)cc1. The Morgan fingerprint density at radius 2 is 1.80 bits per heavy atom. The molecular formula is C15H19N3O2. The van der Waals surface area contributed by atoms with Crippen molar-refractivity contribution in [1.82, 2.24) is 10.6 Å². The molecule has 5 nitrogen and oxygen atoms in total. The third kappa shape index (κ3) is 6.01. The van der Waals surface area contributed by atoms with Crippen LogP contribution in [0, 0.1) is 17.2 Å². The van der Waals surface area contributed by atoms with Crippen LogP contribution in [0.4, 0.5) is 0 Å². The molecule has 0 bridgehead atoms. The molecule has 0 saturated heterocycles. The summed E-state index contributed by atoms with van der Waals surface area (Å²) in [6.45, 7) is 4.60. The topological polar surface area (TPSA) is 82.0 Å². The summed E-state index contributed by atoms with van der Waals surface area (Å²) in [5.41, 5.74) is 1.37. The molecule has 0 aliphatic carbocycles.